The summed E-state index contributed by atoms with van der Waals surface area (Å²) >= 11 is 0. The number of carbonyl (C=O) groups excluding carboxylic acids is 2. The first-order valence-electron chi connectivity index (χ1n) is 10.1. The first kappa shape index (κ1) is 22.7. The molecular weight excluding hydrogens is 378 g/mol. The normalized spacial score (nSPS) is 18.2. The highest BCUT2D eigenvalue weighted by Crippen LogP contribution is 2.19. The Morgan fingerprint density at radius 1 is 1.11 bits per heavy atom. The van der Waals surface area contributed by atoms with Gasteiger partial charge in [0, 0.05) is 44.0 Å². The van der Waals surface area contributed by atoms with Gasteiger partial charge < -0.3 is 20.3 Å². The van der Waals surface area contributed by atoms with Gasteiger partial charge in [-0.25, -0.2) is 0 Å². The lowest BCUT2D eigenvalue weighted by atomic mass is 9.93. The predicted octanol–water partition coefficient (Wildman–Crippen LogP) is 3.08. The zero-order valence-corrected chi connectivity index (χ0v) is 17.4. The van der Waals surface area contributed by atoms with Gasteiger partial charge in [0.05, 0.1) is 0 Å². The van der Waals surface area contributed by atoms with Gasteiger partial charge in [-0.05, 0) is 75.4 Å². The summed E-state index contributed by atoms with van der Waals surface area (Å²) in [7, 11) is 1.86. The summed E-state index contributed by atoms with van der Waals surface area (Å²) in [6.07, 6.45) is 5.58. The molecule has 2 saturated heterocycles. The van der Waals surface area contributed by atoms with E-state index in [9.17, 15) is 9.59 Å². The van der Waals surface area contributed by atoms with Crippen LogP contribution in [0.25, 0.3) is 0 Å². The highest BCUT2D eigenvalue weighted by Gasteiger charge is 2.23. The number of rotatable bonds is 6. The fourth-order valence-electron chi connectivity index (χ4n) is 3.87. The van der Waals surface area contributed by atoms with Crippen molar-refractivity contribution in [2.24, 2.45) is 5.92 Å². The van der Waals surface area contributed by atoms with Gasteiger partial charge in [0.15, 0.2) is 0 Å². The Morgan fingerprint density at radius 3 is 2.39 bits per heavy atom. The molecular formula is C21H32ClN3O3. The van der Waals surface area contributed by atoms with Crippen LogP contribution in [-0.2, 0) is 9.53 Å². The van der Waals surface area contributed by atoms with Crippen LogP contribution in [0.3, 0.4) is 0 Å². The molecule has 1 aromatic carbocycles. The second-order valence-corrected chi connectivity index (χ2v) is 7.62. The Morgan fingerprint density at radius 2 is 1.75 bits per heavy atom. The summed E-state index contributed by atoms with van der Waals surface area (Å²) in [5.74, 6) is 0.718. The third kappa shape index (κ3) is 6.47. The van der Waals surface area contributed by atoms with Crippen molar-refractivity contribution in [2.75, 3.05) is 38.7 Å². The maximum absolute atomic E-state index is 12.6. The summed E-state index contributed by atoms with van der Waals surface area (Å²) in [6, 6.07) is 7.45. The van der Waals surface area contributed by atoms with Crippen LogP contribution in [0, 0.1) is 5.92 Å². The Labute approximate surface area is 173 Å². The van der Waals surface area contributed by atoms with Crippen LogP contribution in [0.1, 0.15) is 48.9 Å². The minimum atomic E-state index is 0. The number of ether oxygens (including phenoxy) is 1. The molecule has 2 heterocycles. The van der Waals surface area contributed by atoms with E-state index in [1.165, 1.54) is 0 Å². The van der Waals surface area contributed by atoms with Crippen molar-refractivity contribution < 1.29 is 14.3 Å². The highest BCUT2D eigenvalue weighted by molar-refractivity contribution is 5.95. The topological polar surface area (TPSA) is 70.7 Å². The quantitative estimate of drug-likeness (QED) is 0.757. The minimum absolute atomic E-state index is 0. The molecule has 0 saturated carbocycles. The van der Waals surface area contributed by atoms with E-state index in [0.717, 1.165) is 50.9 Å². The number of nitrogens with zero attached hydrogens (tertiary/aromatic N) is 1. The molecule has 0 radical (unpaired) electrons. The highest BCUT2D eigenvalue weighted by atomic mass is 35.5. The molecule has 6 nitrogen and oxygen atoms in total. The van der Waals surface area contributed by atoms with Crippen molar-refractivity contribution in [2.45, 2.75) is 44.6 Å². The number of halogens is 1. The molecule has 0 bridgehead atoms. The zero-order valence-electron chi connectivity index (χ0n) is 16.6. The largest absolute Gasteiger partial charge is 0.381 e. The third-order valence-corrected chi connectivity index (χ3v) is 5.71. The third-order valence-electron chi connectivity index (χ3n) is 5.71. The zero-order chi connectivity index (χ0) is 19.1. The Bertz CT molecular complexity index is 626. The average molecular weight is 410 g/mol. The number of hydrogen-bond donors (Lipinski definition) is 2. The molecule has 156 valence electrons. The second-order valence-electron chi connectivity index (χ2n) is 7.62. The fraction of sp³-hybridized carbons (Fsp3) is 0.619. The number of piperidine rings is 1. The van der Waals surface area contributed by atoms with Gasteiger partial charge in [-0.15, -0.1) is 12.4 Å². The first-order chi connectivity index (χ1) is 13.1. The van der Waals surface area contributed by atoms with Crippen LogP contribution in [0.15, 0.2) is 24.3 Å². The van der Waals surface area contributed by atoms with Crippen LogP contribution in [0.4, 0.5) is 5.69 Å². The molecule has 2 N–H and O–H groups in total. The van der Waals surface area contributed by atoms with E-state index in [4.69, 9.17) is 4.74 Å². The number of nitrogens with one attached hydrogen (secondary N) is 2. The lowest BCUT2D eigenvalue weighted by molar-refractivity contribution is -0.116. The minimum Gasteiger partial charge on any atom is -0.381 e. The van der Waals surface area contributed by atoms with Crippen molar-refractivity contribution in [1.29, 1.82) is 0 Å². The van der Waals surface area contributed by atoms with Crippen LogP contribution >= 0.6 is 12.4 Å². The number of anilines is 1. The van der Waals surface area contributed by atoms with Gasteiger partial charge in [0.2, 0.25) is 5.91 Å². The summed E-state index contributed by atoms with van der Waals surface area (Å²) < 4.78 is 5.37. The van der Waals surface area contributed by atoms with Gasteiger partial charge in [0.25, 0.3) is 5.91 Å². The van der Waals surface area contributed by atoms with Gasteiger partial charge in [-0.1, -0.05) is 0 Å². The van der Waals surface area contributed by atoms with E-state index in [1.807, 2.05) is 24.1 Å². The Kier molecular flexibility index (Phi) is 9.22. The second kappa shape index (κ2) is 11.4. The molecule has 2 amide bonds. The van der Waals surface area contributed by atoms with E-state index in [2.05, 4.69) is 10.6 Å². The van der Waals surface area contributed by atoms with Gasteiger partial charge >= 0.3 is 0 Å². The van der Waals surface area contributed by atoms with Gasteiger partial charge in [-0.3, -0.25) is 9.59 Å². The molecule has 2 aliphatic rings. The van der Waals surface area contributed by atoms with Crippen molar-refractivity contribution in [3.05, 3.63) is 29.8 Å². The van der Waals surface area contributed by atoms with Gasteiger partial charge in [0.1, 0.15) is 0 Å². The lowest BCUT2D eigenvalue weighted by Crippen LogP contribution is -2.40. The summed E-state index contributed by atoms with van der Waals surface area (Å²) in [5.41, 5.74) is 1.40. The van der Waals surface area contributed by atoms with Crippen molar-refractivity contribution in [1.82, 2.24) is 10.2 Å². The number of amides is 2. The van der Waals surface area contributed by atoms with Crippen LogP contribution in [-0.4, -0.2) is 56.1 Å². The maximum atomic E-state index is 12.6. The molecule has 0 aliphatic carbocycles. The van der Waals surface area contributed by atoms with Crippen LogP contribution in [0.5, 0.6) is 0 Å². The maximum Gasteiger partial charge on any atom is 0.253 e. The standard InChI is InChI=1S/C21H31N3O3.ClH/c1-24(19-10-14-27-15-11-19)21(26)17-3-5-18(6-4-17)23-20(25)7-2-16-8-12-22-13-9-16;/h3-6,16,19,22H,2,7-15H2,1H3,(H,23,25);1H. The van der Waals surface area contributed by atoms with Crippen molar-refractivity contribution in [3.63, 3.8) is 0 Å². The summed E-state index contributed by atoms with van der Waals surface area (Å²) in [5, 5.41) is 6.29. The summed E-state index contributed by atoms with van der Waals surface area (Å²) in [6.45, 7) is 3.55. The SMILES string of the molecule is CN(C(=O)c1ccc(NC(=O)CCC2CCNCC2)cc1)C1CCOCC1.Cl. The van der Waals surface area contributed by atoms with Gasteiger partial charge in [-0.2, -0.15) is 0 Å². The predicted molar refractivity (Wildman–Crippen MR) is 113 cm³/mol. The van der Waals surface area contributed by atoms with Crippen molar-refractivity contribution in [3.8, 4) is 0 Å². The molecule has 0 unspecified atom stereocenters. The first-order valence-corrected chi connectivity index (χ1v) is 10.1. The molecule has 0 atom stereocenters. The molecule has 0 spiro atoms. The molecule has 2 fully saturated rings. The molecule has 3 rings (SSSR count). The fourth-order valence-corrected chi connectivity index (χ4v) is 3.87. The molecule has 7 heteroatoms. The van der Waals surface area contributed by atoms with E-state index < -0.39 is 0 Å². The monoisotopic (exact) mass is 409 g/mol. The number of benzene rings is 1. The molecule has 28 heavy (non-hydrogen) atoms. The van der Waals surface area contributed by atoms with E-state index >= 15 is 0 Å². The number of hydrogen-bond acceptors (Lipinski definition) is 4. The molecule has 2 aliphatic heterocycles. The Balaban J connectivity index is 0.00000280. The Hall–Kier alpha value is -1.63. The average Bonchev–Trinajstić information content (AvgIpc) is 2.73. The molecule has 0 aromatic heterocycles. The molecule has 1 aromatic rings. The summed E-state index contributed by atoms with van der Waals surface area (Å²) in [4.78, 5) is 26.6. The van der Waals surface area contributed by atoms with Crippen molar-refractivity contribution >= 4 is 29.9 Å². The number of carbonyl (C=O) groups is 2. The van der Waals surface area contributed by atoms with Crippen LogP contribution in [0.2, 0.25) is 0 Å². The lowest BCUT2D eigenvalue weighted by Gasteiger charge is -2.31. The smallest absolute Gasteiger partial charge is 0.253 e. The van der Waals surface area contributed by atoms with E-state index in [1.54, 1.807) is 12.1 Å². The van der Waals surface area contributed by atoms with E-state index in [0.29, 0.717) is 31.1 Å². The van der Waals surface area contributed by atoms with Crippen LogP contribution < -0.4 is 10.6 Å². The van der Waals surface area contributed by atoms with E-state index in [-0.39, 0.29) is 30.3 Å².